The van der Waals surface area contributed by atoms with E-state index in [1.54, 1.807) is 37.8 Å². The quantitative estimate of drug-likeness (QED) is 0.587. The molecule has 3 saturated heterocycles. The molecule has 1 aromatic carbocycles. The molecule has 1 aliphatic carbocycles. The fraction of sp³-hybridized carbons (Fsp3) is 0.643. The number of amides is 3. The Labute approximate surface area is 222 Å². The highest BCUT2D eigenvalue weighted by atomic mass is 19.1. The van der Waals surface area contributed by atoms with E-state index in [1.165, 1.54) is 12.1 Å². The number of carbonyl (C=O) groups is 3. The van der Waals surface area contributed by atoms with Crippen molar-refractivity contribution in [2.75, 3.05) is 13.1 Å². The number of nitrogens with one attached hydrogen (secondary N) is 1. The van der Waals surface area contributed by atoms with Crippen LogP contribution in [-0.2, 0) is 14.3 Å². The van der Waals surface area contributed by atoms with Gasteiger partial charge in [-0.3, -0.25) is 14.5 Å². The molecule has 7 atom stereocenters. The zero-order valence-corrected chi connectivity index (χ0v) is 22.4. The van der Waals surface area contributed by atoms with E-state index in [2.05, 4.69) is 11.4 Å². The average molecular weight is 526 g/mol. The number of alkyl carbamates (subject to hydrolysis) is 1. The lowest BCUT2D eigenvalue weighted by Crippen LogP contribution is -2.59. The predicted molar refractivity (Wildman–Crippen MR) is 136 cm³/mol. The molecule has 0 radical (unpaired) electrons. The summed E-state index contributed by atoms with van der Waals surface area (Å²) >= 11 is 0. The maximum atomic E-state index is 13.7. The van der Waals surface area contributed by atoms with E-state index in [9.17, 15) is 24.0 Å². The molecule has 0 aromatic heterocycles. The van der Waals surface area contributed by atoms with Crippen molar-refractivity contribution in [2.24, 2.45) is 5.92 Å². The van der Waals surface area contributed by atoms with Gasteiger partial charge in [0.15, 0.2) is 0 Å². The van der Waals surface area contributed by atoms with Gasteiger partial charge in [-0.25, -0.2) is 9.18 Å². The molecular formula is C28H36FN5O4. The van der Waals surface area contributed by atoms with Crippen LogP contribution >= 0.6 is 0 Å². The van der Waals surface area contributed by atoms with Crippen LogP contribution in [-0.4, -0.2) is 81.5 Å². The Kier molecular flexibility index (Phi) is 6.84. The van der Waals surface area contributed by atoms with Gasteiger partial charge in [0.25, 0.3) is 0 Å². The summed E-state index contributed by atoms with van der Waals surface area (Å²) in [6.07, 6.45) is 2.19. The number of benzene rings is 1. The molecule has 4 aliphatic rings. The van der Waals surface area contributed by atoms with Gasteiger partial charge in [-0.2, -0.15) is 5.26 Å². The van der Waals surface area contributed by atoms with Crippen LogP contribution in [0.25, 0.3) is 0 Å². The van der Waals surface area contributed by atoms with Gasteiger partial charge in [0.05, 0.1) is 18.2 Å². The summed E-state index contributed by atoms with van der Waals surface area (Å²) in [6.45, 7) is 8.00. The normalized spacial score (nSPS) is 29.6. The fourth-order valence-corrected chi connectivity index (χ4v) is 6.52. The summed E-state index contributed by atoms with van der Waals surface area (Å²) in [5, 5.41) is 12.4. The van der Waals surface area contributed by atoms with Gasteiger partial charge in [0.2, 0.25) is 11.8 Å². The number of nitriles is 1. The molecule has 204 valence electrons. The molecule has 3 amide bonds. The van der Waals surface area contributed by atoms with Gasteiger partial charge in [0.1, 0.15) is 23.5 Å². The minimum absolute atomic E-state index is 0.0146. The Morgan fingerprint density at radius 1 is 1.21 bits per heavy atom. The number of hydrogen-bond donors (Lipinski definition) is 1. The summed E-state index contributed by atoms with van der Waals surface area (Å²) in [6, 6.07) is 6.56. The smallest absolute Gasteiger partial charge is 0.408 e. The monoisotopic (exact) mass is 525 g/mol. The lowest BCUT2D eigenvalue weighted by atomic mass is 10.0. The largest absolute Gasteiger partial charge is 0.444 e. The van der Waals surface area contributed by atoms with E-state index in [1.807, 2.05) is 16.7 Å². The highest BCUT2D eigenvalue weighted by Crippen LogP contribution is 2.48. The molecule has 9 nitrogen and oxygen atoms in total. The topological polar surface area (TPSA) is 106 Å². The number of hydrogen-bond acceptors (Lipinski definition) is 6. The minimum Gasteiger partial charge on any atom is -0.444 e. The number of rotatable bonds is 7. The Morgan fingerprint density at radius 2 is 1.92 bits per heavy atom. The number of carbonyl (C=O) groups excluding carboxylic acids is 3. The van der Waals surface area contributed by atoms with Crippen molar-refractivity contribution in [3.8, 4) is 6.07 Å². The van der Waals surface area contributed by atoms with Gasteiger partial charge in [-0.15, -0.1) is 0 Å². The van der Waals surface area contributed by atoms with Crippen LogP contribution < -0.4 is 5.32 Å². The first-order valence-electron chi connectivity index (χ1n) is 13.5. The van der Waals surface area contributed by atoms with E-state index in [4.69, 9.17) is 4.74 Å². The summed E-state index contributed by atoms with van der Waals surface area (Å²) in [5.74, 6) is -0.274. The van der Waals surface area contributed by atoms with Crippen LogP contribution in [0.15, 0.2) is 24.3 Å². The highest BCUT2D eigenvalue weighted by Gasteiger charge is 2.56. The third kappa shape index (κ3) is 4.96. The van der Waals surface area contributed by atoms with Gasteiger partial charge >= 0.3 is 6.09 Å². The number of likely N-dealkylation sites (tertiary alicyclic amines) is 3. The molecule has 0 spiro atoms. The van der Waals surface area contributed by atoms with Crippen molar-refractivity contribution >= 4 is 17.9 Å². The summed E-state index contributed by atoms with van der Waals surface area (Å²) in [4.78, 5) is 45.5. The zero-order chi connectivity index (χ0) is 27.4. The SMILES string of the molecule is CC[C@H](c1ccc(F)cc1)N1C(=O)[C@@H]2C[C@H]1CN2C[C@H](NC(=O)OC(C)(C)C)C(=O)N1[C@H](C#N)C[C@@H]2C[C@@H]21. The van der Waals surface area contributed by atoms with Crippen molar-refractivity contribution in [2.45, 2.75) is 95.2 Å². The molecular weight excluding hydrogens is 489 g/mol. The number of nitrogens with zero attached hydrogens (tertiary/aromatic N) is 4. The Balaban J connectivity index is 1.32. The van der Waals surface area contributed by atoms with E-state index in [-0.39, 0.29) is 42.3 Å². The number of fused-ring (bicyclic) bond motifs is 3. The molecule has 3 heterocycles. The standard InChI is InChI=1S/C28H36FN5O4/c1-5-22(16-6-8-18(29)9-7-16)34-20-12-24(26(34)36)32(14-20)15-21(31-27(37)38-28(2,3)4)25(35)33-19(13-30)10-17-11-23(17)33/h6-9,17,19-24H,5,10-12,14-15H2,1-4H3,(H,31,37)/t17-,19+,20+,21+,22-,23+,24+/m1/s1. The maximum Gasteiger partial charge on any atom is 0.408 e. The molecule has 3 aliphatic heterocycles. The molecule has 1 saturated carbocycles. The number of halogens is 1. The highest BCUT2D eigenvalue weighted by molar-refractivity contribution is 5.89. The Bertz CT molecular complexity index is 1150. The van der Waals surface area contributed by atoms with E-state index < -0.39 is 29.8 Å². The van der Waals surface area contributed by atoms with Gasteiger partial charge in [0, 0.05) is 25.2 Å². The van der Waals surface area contributed by atoms with Crippen molar-refractivity contribution < 1.29 is 23.5 Å². The third-order valence-electron chi connectivity index (χ3n) is 8.21. The average Bonchev–Trinajstić information content (AvgIpc) is 3.17. The van der Waals surface area contributed by atoms with Gasteiger partial charge < -0.3 is 19.9 Å². The number of ether oxygens (including phenoxy) is 1. The maximum absolute atomic E-state index is 13.7. The van der Waals surface area contributed by atoms with Crippen LogP contribution in [0.1, 0.15) is 65.0 Å². The molecule has 5 rings (SSSR count). The molecule has 10 heteroatoms. The zero-order valence-electron chi connectivity index (χ0n) is 22.4. The first-order valence-corrected chi connectivity index (χ1v) is 13.5. The van der Waals surface area contributed by atoms with E-state index in [0.717, 1.165) is 12.0 Å². The lowest BCUT2D eigenvalue weighted by molar-refractivity contribution is -0.142. The van der Waals surface area contributed by atoms with Crippen molar-refractivity contribution in [3.05, 3.63) is 35.6 Å². The second kappa shape index (κ2) is 9.84. The Hall–Kier alpha value is -3.19. The fourth-order valence-electron chi connectivity index (χ4n) is 6.52. The second-order valence-electron chi connectivity index (χ2n) is 12.0. The third-order valence-corrected chi connectivity index (χ3v) is 8.21. The first-order chi connectivity index (χ1) is 18.0. The van der Waals surface area contributed by atoms with Crippen molar-refractivity contribution in [3.63, 3.8) is 0 Å². The summed E-state index contributed by atoms with van der Waals surface area (Å²) < 4.78 is 18.9. The van der Waals surface area contributed by atoms with Crippen LogP contribution in [0, 0.1) is 23.1 Å². The second-order valence-corrected chi connectivity index (χ2v) is 12.0. The minimum atomic E-state index is -0.931. The molecule has 4 fully saturated rings. The first kappa shape index (κ1) is 26.4. The Morgan fingerprint density at radius 3 is 2.53 bits per heavy atom. The van der Waals surface area contributed by atoms with Crippen molar-refractivity contribution in [1.82, 2.24) is 20.0 Å². The van der Waals surface area contributed by atoms with Crippen LogP contribution in [0.5, 0.6) is 0 Å². The molecule has 0 unspecified atom stereocenters. The van der Waals surface area contributed by atoms with E-state index >= 15 is 0 Å². The lowest BCUT2D eigenvalue weighted by Gasteiger charge is -2.40. The van der Waals surface area contributed by atoms with Crippen LogP contribution in [0.3, 0.4) is 0 Å². The van der Waals surface area contributed by atoms with E-state index in [0.29, 0.717) is 31.7 Å². The molecule has 38 heavy (non-hydrogen) atoms. The number of piperazine rings is 1. The van der Waals surface area contributed by atoms with Crippen LogP contribution in [0.4, 0.5) is 9.18 Å². The van der Waals surface area contributed by atoms with Gasteiger partial charge in [-0.05, 0) is 70.1 Å². The van der Waals surface area contributed by atoms with Crippen LogP contribution in [0.2, 0.25) is 0 Å². The van der Waals surface area contributed by atoms with Crippen molar-refractivity contribution in [1.29, 1.82) is 5.26 Å². The molecule has 1 N–H and O–H groups in total. The molecule has 1 aromatic rings. The summed E-state index contributed by atoms with van der Waals surface area (Å²) in [7, 11) is 0. The number of piperidine rings is 1. The van der Waals surface area contributed by atoms with Gasteiger partial charge in [-0.1, -0.05) is 19.1 Å². The predicted octanol–water partition coefficient (Wildman–Crippen LogP) is 2.97. The summed E-state index contributed by atoms with van der Waals surface area (Å²) in [5.41, 5.74) is 0.164. The molecule has 2 bridgehead atoms.